The average Bonchev–Trinajstić information content (AvgIpc) is 3.15. The second-order valence-electron chi connectivity index (χ2n) is 8.14. The lowest BCUT2D eigenvalue weighted by atomic mass is 9.86. The van der Waals surface area contributed by atoms with Crippen molar-refractivity contribution in [2.24, 2.45) is 11.7 Å². The number of nitrogens with two attached hydrogens (primary N) is 1. The lowest BCUT2D eigenvalue weighted by Gasteiger charge is -2.25. The van der Waals surface area contributed by atoms with E-state index in [0.29, 0.717) is 13.0 Å². The van der Waals surface area contributed by atoms with Gasteiger partial charge in [-0.05, 0) is 51.0 Å². The highest BCUT2D eigenvalue weighted by Crippen LogP contribution is 2.28. The highest BCUT2D eigenvalue weighted by Gasteiger charge is 2.33. The highest BCUT2D eigenvalue weighted by atomic mass is 16.2. The summed E-state index contributed by atoms with van der Waals surface area (Å²) in [6, 6.07) is -0.235. The third-order valence-electron chi connectivity index (χ3n) is 6.03. The van der Waals surface area contributed by atoms with Crippen LogP contribution in [0.5, 0.6) is 0 Å². The molecule has 1 unspecified atom stereocenters. The molecule has 2 aliphatic rings. The first-order valence-corrected chi connectivity index (χ1v) is 11.0. The van der Waals surface area contributed by atoms with Crippen molar-refractivity contribution < 1.29 is 9.59 Å². The fourth-order valence-corrected chi connectivity index (χ4v) is 4.45. The molecule has 1 saturated heterocycles. The first-order valence-electron chi connectivity index (χ1n) is 11.0. The van der Waals surface area contributed by atoms with Crippen molar-refractivity contribution in [1.82, 2.24) is 10.2 Å². The summed E-state index contributed by atoms with van der Waals surface area (Å²) >= 11 is 0. The second-order valence-corrected chi connectivity index (χ2v) is 8.14. The van der Waals surface area contributed by atoms with Crippen LogP contribution in [0.3, 0.4) is 0 Å². The van der Waals surface area contributed by atoms with Crippen LogP contribution in [0.15, 0.2) is 0 Å². The maximum atomic E-state index is 12.6. The topological polar surface area (TPSA) is 75.4 Å². The van der Waals surface area contributed by atoms with Gasteiger partial charge in [0.1, 0.15) is 6.04 Å². The Kier molecular flexibility index (Phi) is 10.0. The van der Waals surface area contributed by atoms with Crippen molar-refractivity contribution in [2.75, 3.05) is 19.6 Å². The zero-order chi connectivity index (χ0) is 18.6. The number of rotatable bonds is 11. The number of unbranched alkanes of at least 4 members (excludes halogenated alkanes) is 3. The molecule has 1 aliphatic carbocycles. The third kappa shape index (κ3) is 7.26. The summed E-state index contributed by atoms with van der Waals surface area (Å²) in [4.78, 5) is 26.9. The molecule has 0 aromatic heterocycles. The van der Waals surface area contributed by atoms with Crippen LogP contribution in [-0.4, -0.2) is 42.4 Å². The van der Waals surface area contributed by atoms with Crippen molar-refractivity contribution in [1.29, 1.82) is 0 Å². The minimum Gasteiger partial charge on any atom is -0.354 e. The van der Waals surface area contributed by atoms with Crippen molar-refractivity contribution in [3.05, 3.63) is 0 Å². The number of hydrogen-bond donors (Lipinski definition) is 2. The third-order valence-corrected chi connectivity index (χ3v) is 6.03. The molecule has 5 nitrogen and oxygen atoms in total. The van der Waals surface area contributed by atoms with Gasteiger partial charge in [0.15, 0.2) is 0 Å². The van der Waals surface area contributed by atoms with Gasteiger partial charge in [-0.2, -0.15) is 0 Å². The van der Waals surface area contributed by atoms with Gasteiger partial charge in [0.25, 0.3) is 0 Å². The molecule has 0 aromatic rings. The largest absolute Gasteiger partial charge is 0.354 e. The molecule has 1 atom stereocenters. The van der Waals surface area contributed by atoms with E-state index < -0.39 is 0 Å². The number of amides is 2. The Morgan fingerprint density at radius 3 is 2.46 bits per heavy atom. The number of hydrogen-bond acceptors (Lipinski definition) is 3. The molecule has 2 amide bonds. The summed E-state index contributed by atoms with van der Waals surface area (Å²) in [5, 5.41) is 3.03. The zero-order valence-electron chi connectivity index (χ0n) is 16.5. The van der Waals surface area contributed by atoms with Crippen LogP contribution in [0, 0.1) is 5.92 Å². The summed E-state index contributed by atoms with van der Waals surface area (Å²) in [7, 11) is 0. The van der Waals surface area contributed by atoms with E-state index in [4.69, 9.17) is 5.73 Å². The SMILES string of the molecule is NCCCCCCNC(=O)C1CCCN1C(=O)CCCC1CCCCC1. The first-order chi connectivity index (χ1) is 12.7. The number of carbonyl (C=O) groups excluding carboxylic acids is 2. The van der Waals surface area contributed by atoms with E-state index >= 15 is 0 Å². The predicted molar refractivity (Wildman–Crippen MR) is 106 cm³/mol. The van der Waals surface area contributed by atoms with Gasteiger partial charge in [-0.3, -0.25) is 9.59 Å². The fraction of sp³-hybridized carbons (Fsp3) is 0.905. The molecule has 0 spiro atoms. The quantitative estimate of drug-likeness (QED) is 0.551. The van der Waals surface area contributed by atoms with E-state index in [9.17, 15) is 9.59 Å². The molecule has 2 fully saturated rings. The van der Waals surface area contributed by atoms with Crippen LogP contribution >= 0.6 is 0 Å². The molecule has 5 heteroatoms. The number of carbonyl (C=O) groups is 2. The second kappa shape index (κ2) is 12.3. The molecule has 3 N–H and O–H groups in total. The van der Waals surface area contributed by atoms with Gasteiger partial charge in [-0.25, -0.2) is 0 Å². The molecular formula is C21H39N3O2. The molecule has 0 bridgehead atoms. The van der Waals surface area contributed by atoms with Crippen LogP contribution in [0.25, 0.3) is 0 Å². The minimum absolute atomic E-state index is 0.0435. The zero-order valence-corrected chi connectivity index (χ0v) is 16.5. The Labute approximate surface area is 159 Å². The molecule has 26 heavy (non-hydrogen) atoms. The van der Waals surface area contributed by atoms with Gasteiger partial charge >= 0.3 is 0 Å². The maximum Gasteiger partial charge on any atom is 0.242 e. The lowest BCUT2D eigenvalue weighted by Crippen LogP contribution is -2.46. The summed E-state index contributed by atoms with van der Waals surface area (Å²) in [5.74, 6) is 1.05. The van der Waals surface area contributed by atoms with Crippen LogP contribution in [0.4, 0.5) is 0 Å². The molecule has 2 rings (SSSR count). The van der Waals surface area contributed by atoms with E-state index in [2.05, 4.69) is 5.32 Å². The van der Waals surface area contributed by atoms with Crippen molar-refractivity contribution in [3.63, 3.8) is 0 Å². The monoisotopic (exact) mass is 365 g/mol. The van der Waals surface area contributed by atoms with Gasteiger partial charge in [0, 0.05) is 19.5 Å². The van der Waals surface area contributed by atoms with Crippen LogP contribution in [0.1, 0.15) is 89.9 Å². The molecule has 1 saturated carbocycles. The number of nitrogens with one attached hydrogen (secondary N) is 1. The molecule has 0 aromatic carbocycles. The lowest BCUT2D eigenvalue weighted by molar-refractivity contribution is -0.138. The van der Waals surface area contributed by atoms with Gasteiger partial charge < -0.3 is 16.0 Å². The molecule has 1 aliphatic heterocycles. The predicted octanol–water partition coefficient (Wildman–Crippen LogP) is 3.36. The standard InChI is InChI=1S/C21H39N3O2/c22-15-6-1-2-7-16-23-21(26)19-13-9-17-24(19)20(25)14-8-12-18-10-4-3-5-11-18/h18-19H,1-17,22H2,(H,23,26). The molecule has 0 radical (unpaired) electrons. The Balaban J connectivity index is 1.63. The van der Waals surface area contributed by atoms with Gasteiger partial charge in [-0.15, -0.1) is 0 Å². The molecule has 1 heterocycles. The number of nitrogens with zero attached hydrogens (tertiary/aromatic N) is 1. The Bertz CT molecular complexity index is 421. The van der Waals surface area contributed by atoms with Crippen LogP contribution < -0.4 is 11.1 Å². The van der Waals surface area contributed by atoms with Crippen LogP contribution in [0.2, 0.25) is 0 Å². The fourth-order valence-electron chi connectivity index (χ4n) is 4.45. The number of likely N-dealkylation sites (tertiary alicyclic amines) is 1. The minimum atomic E-state index is -0.235. The summed E-state index contributed by atoms with van der Waals surface area (Å²) in [5.41, 5.74) is 5.49. The maximum absolute atomic E-state index is 12.6. The normalized spacial score (nSPS) is 21.1. The highest BCUT2D eigenvalue weighted by molar-refractivity contribution is 5.88. The van der Waals surface area contributed by atoms with E-state index in [1.807, 2.05) is 4.90 Å². The summed E-state index contributed by atoms with van der Waals surface area (Å²) < 4.78 is 0. The van der Waals surface area contributed by atoms with Crippen molar-refractivity contribution in [3.8, 4) is 0 Å². The van der Waals surface area contributed by atoms with E-state index in [-0.39, 0.29) is 17.9 Å². The Morgan fingerprint density at radius 1 is 0.923 bits per heavy atom. The van der Waals surface area contributed by atoms with Gasteiger partial charge in [0.05, 0.1) is 0 Å². The van der Waals surface area contributed by atoms with Crippen molar-refractivity contribution >= 4 is 11.8 Å². The smallest absolute Gasteiger partial charge is 0.242 e. The van der Waals surface area contributed by atoms with E-state index in [1.54, 1.807) is 0 Å². The van der Waals surface area contributed by atoms with Gasteiger partial charge in [-0.1, -0.05) is 44.9 Å². The summed E-state index contributed by atoms with van der Waals surface area (Å²) in [6.07, 6.45) is 15.6. The Hall–Kier alpha value is -1.10. The summed E-state index contributed by atoms with van der Waals surface area (Å²) in [6.45, 7) is 2.20. The average molecular weight is 366 g/mol. The first kappa shape index (κ1) is 21.2. The van der Waals surface area contributed by atoms with E-state index in [1.165, 1.54) is 38.5 Å². The van der Waals surface area contributed by atoms with Crippen molar-refractivity contribution in [2.45, 2.75) is 95.9 Å². The van der Waals surface area contributed by atoms with Gasteiger partial charge in [0.2, 0.25) is 11.8 Å². The van der Waals surface area contributed by atoms with E-state index in [0.717, 1.165) is 64.0 Å². The molecule has 150 valence electrons. The molecular weight excluding hydrogens is 326 g/mol. The Morgan fingerprint density at radius 2 is 1.69 bits per heavy atom. The van der Waals surface area contributed by atoms with Crippen LogP contribution in [-0.2, 0) is 9.59 Å².